The first-order chi connectivity index (χ1) is 9.02. The van der Waals surface area contributed by atoms with Gasteiger partial charge in [-0.25, -0.2) is 0 Å². The standard InChI is InChI=1S/C17H20N2/c1-13(19-12-17(2,3)11-18)15-9-8-14-6-4-5-7-16(14)10-15/h4-10,13,19H,12H2,1-3H3. The lowest BCUT2D eigenvalue weighted by atomic mass is 9.95. The van der Waals surface area contributed by atoms with E-state index >= 15 is 0 Å². The molecule has 19 heavy (non-hydrogen) atoms. The van der Waals surface area contributed by atoms with Crippen molar-refractivity contribution in [2.24, 2.45) is 5.41 Å². The summed E-state index contributed by atoms with van der Waals surface area (Å²) < 4.78 is 0. The predicted octanol–water partition coefficient (Wildman–Crippen LogP) is 4.04. The normalized spacial score (nSPS) is 13.2. The number of benzene rings is 2. The van der Waals surface area contributed by atoms with Gasteiger partial charge in [0.25, 0.3) is 0 Å². The molecule has 0 fully saturated rings. The van der Waals surface area contributed by atoms with Crippen molar-refractivity contribution in [1.82, 2.24) is 5.32 Å². The number of nitrogens with one attached hydrogen (secondary N) is 1. The molecule has 1 N–H and O–H groups in total. The molecule has 2 aromatic carbocycles. The van der Waals surface area contributed by atoms with Gasteiger partial charge in [-0.2, -0.15) is 5.26 Å². The summed E-state index contributed by atoms with van der Waals surface area (Å²) >= 11 is 0. The zero-order valence-electron chi connectivity index (χ0n) is 11.8. The zero-order chi connectivity index (χ0) is 13.9. The van der Waals surface area contributed by atoms with Gasteiger partial charge in [0.15, 0.2) is 0 Å². The van der Waals surface area contributed by atoms with Crippen LogP contribution in [0.15, 0.2) is 42.5 Å². The summed E-state index contributed by atoms with van der Waals surface area (Å²) in [5.74, 6) is 0. The van der Waals surface area contributed by atoms with Crippen molar-refractivity contribution in [3.8, 4) is 6.07 Å². The minimum Gasteiger partial charge on any atom is -0.309 e. The minimum atomic E-state index is -0.328. The molecular weight excluding hydrogens is 232 g/mol. The van der Waals surface area contributed by atoms with E-state index in [2.05, 4.69) is 60.8 Å². The van der Waals surface area contributed by atoms with E-state index in [0.29, 0.717) is 6.54 Å². The average Bonchev–Trinajstić information content (AvgIpc) is 2.44. The van der Waals surface area contributed by atoms with Gasteiger partial charge in [0, 0.05) is 12.6 Å². The van der Waals surface area contributed by atoms with Gasteiger partial charge in [-0.15, -0.1) is 0 Å². The number of rotatable bonds is 4. The summed E-state index contributed by atoms with van der Waals surface area (Å²) in [5.41, 5.74) is 0.929. The van der Waals surface area contributed by atoms with Gasteiger partial charge >= 0.3 is 0 Å². The van der Waals surface area contributed by atoms with Gasteiger partial charge in [-0.05, 0) is 43.2 Å². The summed E-state index contributed by atoms with van der Waals surface area (Å²) in [6.07, 6.45) is 0. The van der Waals surface area contributed by atoms with Crippen LogP contribution in [-0.2, 0) is 0 Å². The number of fused-ring (bicyclic) bond motifs is 1. The number of nitrogens with zero attached hydrogens (tertiary/aromatic N) is 1. The fourth-order valence-electron chi connectivity index (χ4n) is 2.04. The Morgan fingerprint density at radius 2 is 1.84 bits per heavy atom. The van der Waals surface area contributed by atoms with Gasteiger partial charge in [-0.1, -0.05) is 36.4 Å². The lowest BCUT2D eigenvalue weighted by Gasteiger charge is -2.21. The maximum Gasteiger partial charge on any atom is 0.0697 e. The van der Waals surface area contributed by atoms with Crippen molar-refractivity contribution in [3.63, 3.8) is 0 Å². The van der Waals surface area contributed by atoms with Crippen LogP contribution in [0.2, 0.25) is 0 Å². The molecule has 0 saturated carbocycles. The highest BCUT2D eigenvalue weighted by Gasteiger charge is 2.17. The van der Waals surface area contributed by atoms with Crippen LogP contribution < -0.4 is 5.32 Å². The highest BCUT2D eigenvalue weighted by Crippen LogP contribution is 2.21. The Labute approximate surface area is 115 Å². The molecule has 0 aliphatic rings. The van der Waals surface area contributed by atoms with E-state index in [-0.39, 0.29) is 11.5 Å². The molecule has 98 valence electrons. The lowest BCUT2D eigenvalue weighted by molar-refractivity contribution is 0.415. The Morgan fingerprint density at radius 3 is 2.53 bits per heavy atom. The summed E-state index contributed by atoms with van der Waals surface area (Å²) in [7, 11) is 0. The Kier molecular flexibility index (Phi) is 3.87. The molecule has 2 heteroatoms. The highest BCUT2D eigenvalue weighted by molar-refractivity contribution is 5.83. The molecule has 2 rings (SSSR count). The molecular formula is C17H20N2. The van der Waals surface area contributed by atoms with Crippen LogP contribution in [-0.4, -0.2) is 6.54 Å². The topological polar surface area (TPSA) is 35.8 Å². The lowest BCUT2D eigenvalue weighted by Crippen LogP contribution is -2.30. The summed E-state index contributed by atoms with van der Waals surface area (Å²) in [6, 6.07) is 17.4. The number of hydrogen-bond donors (Lipinski definition) is 1. The quantitative estimate of drug-likeness (QED) is 0.891. The van der Waals surface area contributed by atoms with Crippen LogP contribution in [0.5, 0.6) is 0 Å². The first-order valence-electron chi connectivity index (χ1n) is 6.65. The van der Waals surface area contributed by atoms with Crippen molar-refractivity contribution in [2.45, 2.75) is 26.8 Å². The number of hydrogen-bond acceptors (Lipinski definition) is 2. The fourth-order valence-corrected chi connectivity index (χ4v) is 2.04. The van der Waals surface area contributed by atoms with Crippen molar-refractivity contribution in [2.75, 3.05) is 6.54 Å². The molecule has 0 aliphatic heterocycles. The molecule has 2 nitrogen and oxygen atoms in total. The monoisotopic (exact) mass is 252 g/mol. The van der Waals surface area contributed by atoms with E-state index in [4.69, 9.17) is 5.26 Å². The maximum atomic E-state index is 9.03. The van der Waals surface area contributed by atoms with Gasteiger partial charge in [-0.3, -0.25) is 0 Å². The van der Waals surface area contributed by atoms with Crippen LogP contribution in [0.1, 0.15) is 32.4 Å². The van der Waals surface area contributed by atoms with E-state index in [9.17, 15) is 0 Å². The average molecular weight is 252 g/mol. The summed E-state index contributed by atoms with van der Waals surface area (Å²) in [5, 5.41) is 15.0. The molecule has 1 atom stereocenters. The minimum absolute atomic E-state index is 0.247. The number of nitriles is 1. The second-order valence-electron chi connectivity index (χ2n) is 5.70. The molecule has 0 radical (unpaired) electrons. The zero-order valence-corrected chi connectivity index (χ0v) is 11.8. The van der Waals surface area contributed by atoms with Crippen LogP contribution in [0.3, 0.4) is 0 Å². The van der Waals surface area contributed by atoms with Crippen molar-refractivity contribution in [1.29, 1.82) is 5.26 Å². The molecule has 0 amide bonds. The van der Waals surface area contributed by atoms with Gasteiger partial charge in [0.05, 0.1) is 11.5 Å². The molecule has 2 aromatic rings. The molecule has 0 bridgehead atoms. The molecule has 0 spiro atoms. The van der Waals surface area contributed by atoms with Crippen LogP contribution >= 0.6 is 0 Å². The highest BCUT2D eigenvalue weighted by atomic mass is 14.9. The van der Waals surface area contributed by atoms with Crippen molar-refractivity contribution < 1.29 is 0 Å². The molecule has 0 aromatic heterocycles. The maximum absolute atomic E-state index is 9.03. The largest absolute Gasteiger partial charge is 0.309 e. The molecule has 0 saturated heterocycles. The fraction of sp³-hybridized carbons (Fsp3) is 0.353. The van der Waals surface area contributed by atoms with Crippen LogP contribution in [0.25, 0.3) is 10.8 Å². The van der Waals surface area contributed by atoms with Crippen molar-refractivity contribution >= 4 is 10.8 Å². The molecule has 1 unspecified atom stereocenters. The van der Waals surface area contributed by atoms with E-state index in [1.807, 2.05) is 13.8 Å². The third-order valence-corrected chi connectivity index (χ3v) is 3.43. The molecule has 0 heterocycles. The SMILES string of the molecule is CC(NCC(C)(C)C#N)c1ccc2ccccc2c1. The Hall–Kier alpha value is -1.85. The first kappa shape index (κ1) is 13.6. The second-order valence-corrected chi connectivity index (χ2v) is 5.70. The Balaban J connectivity index is 2.13. The summed E-state index contributed by atoms with van der Waals surface area (Å²) in [4.78, 5) is 0. The van der Waals surface area contributed by atoms with E-state index in [1.54, 1.807) is 0 Å². The summed E-state index contributed by atoms with van der Waals surface area (Å²) in [6.45, 7) is 6.73. The third kappa shape index (κ3) is 3.33. The van der Waals surface area contributed by atoms with Gasteiger partial charge in [0.1, 0.15) is 0 Å². The predicted molar refractivity (Wildman–Crippen MR) is 79.8 cm³/mol. The Bertz CT molecular complexity index is 608. The second kappa shape index (κ2) is 5.42. The Morgan fingerprint density at radius 1 is 1.16 bits per heavy atom. The van der Waals surface area contributed by atoms with Crippen LogP contribution in [0, 0.1) is 16.7 Å². The first-order valence-corrected chi connectivity index (χ1v) is 6.65. The van der Waals surface area contributed by atoms with E-state index in [1.165, 1.54) is 16.3 Å². The van der Waals surface area contributed by atoms with Gasteiger partial charge < -0.3 is 5.32 Å². The van der Waals surface area contributed by atoms with E-state index in [0.717, 1.165) is 0 Å². The van der Waals surface area contributed by atoms with E-state index < -0.39 is 0 Å². The van der Waals surface area contributed by atoms with Gasteiger partial charge in [0.2, 0.25) is 0 Å². The van der Waals surface area contributed by atoms with Crippen molar-refractivity contribution in [3.05, 3.63) is 48.0 Å². The van der Waals surface area contributed by atoms with Crippen LogP contribution in [0.4, 0.5) is 0 Å². The third-order valence-electron chi connectivity index (χ3n) is 3.43. The molecule has 0 aliphatic carbocycles. The smallest absolute Gasteiger partial charge is 0.0697 e.